The third-order valence-electron chi connectivity index (χ3n) is 3.01. The van der Waals surface area contributed by atoms with Crippen LogP contribution in [0.2, 0.25) is 18.1 Å². The van der Waals surface area contributed by atoms with Gasteiger partial charge in [-0.2, -0.15) is 0 Å². The number of Topliss-reactive ketones (excluding diaryl/α,β-unsaturated/α-hetero) is 1. The fourth-order valence-corrected chi connectivity index (χ4v) is 4.82. The Hall–Kier alpha value is -0.743. The minimum absolute atomic E-state index is 0.304. The summed E-state index contributed by atoms with van der Waals surface area (Å²) in [6, 6.07) is 2.73. The van der Waals surface area contributed by atoms with Gasteiger partial charge in [-0.15, -0.1) is 0 Å². The van der Waals surface area contributed by atoms with Crippen molar-refractivity contribution >= 4 is 19.9 Å². The van der Waals surface area contributed by atoms with E-state index < -0.39 is 14.1 Å². The van der Waals surface area contributed by atoms with E-state index in [0.717, 1.165) is 24.2 Å². The molecule has 0 saturated carbocycles. The zero-order valence-corrected chi connectivity index (χ0v) is 11.5. The largest absolute Gasteiger partial charge is 0.417 e. The standard InChI is InChI=1S/C12H22O3Si/c1-5-11(13)12(14)9-10-16(7-3,8-4)15-6-2/h5H,1,6-10H2,2-4H3. The zero-order valence-electron chi connectivity index (χ0n) is 10.5. The molecule has 0 aliphatic heterocycles. The molecule has 0 amide bonds. The van der Waals surface area contributed by atoms with Crippen LogP contribution in [-0.2, 0) is 14.0 Å². The second-order valence-corrected chi connectivity index (χ2v) is 8.38. The van der Waals surface area contributed by atoms with Crippen LogP contribution in [0.4, 0.5) is 0 Å². The van der Waals surface area contributed by atoms with Crippen molar-refractivity contribution in [2.24, 2.45) is 0 Å². The van der Waals surface area contributed by atoms with Crippen molar-refractivity contribution in [3.63, 3.8) is 0 Å². The van der Waals surface area contributed by atoms with Crippen LogP contribution in [0.3, 0.4) is 0 Å². The van der Waals surface area contributed by atoms with Gasteiger partial charge in [0, 0.05) is 13.0 Å². The first kappa shape index (κ1) is 15.3. The summed E-state index contributed by atoms with van der Waals surface area (Å²) >= 11 is 0. The lowest BCUT2D eigenvalue weighted by molar-refractivity contribution is -0.133. The van der Waals surface area contributed by atoms with Gasteiger partial charge >= 0.3 is 0 Å². The molecule has 0 fully saturated rings. The first-order chi connectivity index (χ1) is 7.55. The molecule has 0 aromatic heterocycles. The first-order valence-electron chi connectivity index (χ1n) is 5.88. The molecule has 0 N–H and O–H groups in total. The van der Waals surface area contributed by atoms with Crippen LogP contribution in [0.25, 0.3) is 0 Å². The summed E-state index contributed by atoms with van der Waals surface area (Å²) in [5.74, 6) is -0.819. The maximum atomic E-state index is 11.4. The molecule has 0 unspecified atom stereocenters. The van der Waals surface area contributed by atoms with Crippen molar-refractivity contribution in [1.82, 2.24) is 0 Å². The molecular weight excluding hydrogens is 220 g/mol. The Balaban J connectivity index is 4.36. The summed E-state index contributed by atoms with van der Waals surface area (Å²) in [5, 5.41) is 0. The van der Waals surface area contributed by atoms with Gasteiger partial charge in [0.25, 0.3) is 0 Å². The SMILES string of the molecule is C=CC(=O)C(=O)CC[Si](CC)(CC)OCC. The highest BCUT2D eigenvalue weighted by atomic mass is 28.4. The van der Waals surface area contributed by atoms with Gasteiger partial charge < -0.3 is 4.43 Å². The van der Waals surface area contributed by atoms with Gasteiger partial charge in [0.1, 0.15) is 0 Å². The fourth-order valence-electron chi connectivity index (χ4n) is 1.76. The van der Waals surface area contributed by atoms with Crippen molar-refractivity contribution < 1.29 is 14.0 Å². The Morgan fingerprint density at radius 3 is 2.19 bits per heavy atom. The molecule has 16 heavy (non-hydrogen) atoms. The fraction of sp³-hybridized carbons (Fsp3) is 0.667. The van der Waals surface area contributed by atoms with Crippen LogP contribution < -0.4 is 0 Å². The molecule has 0 rings (SSSR count). The third kappa shape index (κ3) is 4.41. The topological polar surface area (TPSA) is 43.4 Å². The predicted molar refractivity (Wildman–Crippen MR) is 68.0 cm³/mol. The van der Waals surface area contributed by atoms with E-state index in [1.807, 2.05) is 6.92 Å². The number of carbonyl (C=O) groups is 2. The van der Waals surface area contributed by atoms with E-state index in [9.17, 15) is 9.59 Å². The summed E-state index contributed by atoms with van der Waals surface area (Å²) in [6.07, 6.45) is 1.39. The van der Waals surface area contributed by atoms with E-state index in [1.165, 1.54) is 0 Å². The maximum absolute atomic E-state index is 11.4. The Morgan fingerprint density at radius 1 is 1.25 bits per heavy atom. The number of ketones is 2. The van der Waals surface area contributed by atoms with Gasteiger partial charge in [0.05, 0.1) is 0 Å². The first-order valence-corrected chi connectivity index (χ1v) is 8.41. The summed E-state index contributed by atoms with van der Waals surface area (Å²) in [7, 11) is -1.77. The molecule has 0 saturated heterocycles. The van der Waals surface area contributed by atoms with Crippen molar-refractivity contribution in [3.05, 3.63) is 12.7 Å². The van der Waals surface area contributed by atoms with Crippen LogP contribution in [0.1, 0.15) is 27.2 Å². The number of allylic oxidation sites excluding steroid dienone is 1. The van der Waals surface area contributed by atoms with E-state index in [0.29, 0.717) is 13.0 Å². The minimum atomic E-state index is -1.77. The van der Waals surface area contributed by atoms with Crippen molar-refractivity contribution in [2.75, 3.05) is 6.61 Å². The number of hydrogen-bond donors (Lipinski definition) is 0. The second-order valence-electron chi connectivity index (χ2n) is 3.81. The smallest absolute Gasteiger partial charge is 0.220 e. The highest BCUT2D eigenvalue weighted by molar-refractivity contribution is 6.74. The predicted octanol–water partition coefficient (Wildman–Crippen LogP) is 2.72. The number of rotatable bonds is 9. The Labute approximate surface area is 99.0 Å². The van der Waals surface area contributed by atoms with Crippen molar-refractivity contribution in [3.8, 4) is 0 Å². The number of carbonyl (C=O) groups excluding carboxylic acids is 2. The Bertz CT molecular complexity index is 257. The van der Waals surface area contributed by atoms with E-state index >= 15 is 0 Å². The van der Waals surface area contributed by atoms with E-state index in [2.05, 4.69) is 20.4 Å². The molecule has 0 aromatic rings. The van der Waals surface area contributed by atoms with Crippen LogP contribution >= 0.6 is 0 Å². The van der Waals surface area contributed by atoms with Gasteiger partial charge in [-0.3, -0.25) is 9.59 Å². The zero-order chi connectivity index (χ0) is 12.6. The lowest BCUT2D eigenvalue weighted by Crippen LogP contribution is -2.37. The normalized spacial score (nSPS) is 11.2. The Kier molecular flexibility index (Phi) is 7.17. The van der Waals surface area contributed by atoms with E-state index in [1.54, 1.807) is 0 Å². The second kappa shape index (κ2) is 7.52. The summed E-state index contributed by atoms with van der Waals surface area (Å²) < 4.78 is 5.84. The van der Waals surface area contributed by atoms with Crippen molar-refractivity contribution in [2.45, 2.75) is 45.3 Å². The summed E-state index contributed by atoms with van der Waals surface area (Å²) in [6.45, 7) is 10.2. The van der Waals surface area contributed by atoms with Crippen LogP contribution in [-0.4, -0.2) is 26.5 Å². The maximum Gasteiger partial charge on any atom is 0.220 e. The van der Waals surface area contributed by atoms with Gasteiger partial charge in [-0.1, -0.05) is 20.4 Å². The van der Waals surface area contributed by atoms with E-state index in [-0.39, 0.29) is 5.78 Å². The molecule has 0 heterocycles. The molecule has 92 valence electrons. The molecule has 0 radical (unpaired) electrons. The molecule has 0 bridgehead atoms. The van der Waals surface area contributed by atoms with Crippen LogP contribution in [0.5, 0.6) is 0 Å². The summed E-state index contributed by atoms with van der Waals surface area (Å²) in [4.78, 5) is 22.5. The monoisotopic (exact) mass is 242 g/mol. The lowest BCUT2D eigenvalue weighted by Gasteiger charge is -2.28. The third-order valence-corrected chi connectivity index (χ3v) is 7.65. The molecule has 3 nitrogen and oxygen atoms in total. The molecular formula is C12H22O3Si. The van der Waals surface area contributed by atoms with Gasteiger partial charge in [-0.05, 0) is 31.1 Å². The molecule has 0 spiro atoms. The van der Waals surface area contributed by atoms with E-state index in [4.69, 9.17) is 4.43 Å². The summed E-state index contributed by atoms with van der Waals surface area (Å²) in [5.41, 5.74) is 0. The molecule has 0 aliphatic rings. The van der Waals surface area contributed by atoms with Gasteiger partial charge in [0.15, 0.2) is 8.32 Å². The molecule has 0 aromatic carbocycles. The van der Waals surface area contributed by atoms with Crippen LogP contribution in [0, 0.1) is 0 Å². The van der Waals surface area contributed by atoms with Gasteiger partial charge in [0.2, 0.25) is 11.6 Å². The quantitative estimate of drug-likeness (QED) is 0.355. The highest BCUT2D eigenvalue weighted by Crippen LogP contribution is 2.23. The average molecular weight is 242 g/mol. The van der Waals surface area contributed by atoms with Gasteiger partial charge in [-0.25, -0.2) is 0 Å². The lowest BCUT2D eigenvalue weighted by atomic mass is 10.2. The minimum Gasteiger partial charge on any atom is -0.417 e. The number of hydrogen-bond acceptors (Lipinski definition) is 3. The van der Waals surface area contributed by atoms with Crippen molar-refractivity contribution in [1.29, 1.82) is 0 Å². The average Bonchev–Trinajstić information content (AvgIpc) is 2.33. The molecule has 4 heteroatoms. The molecule has 0 aliphatic carbocycles. The molecule has 0 atom stereocenters. The highest BCUT2D eigenvalue weighted by Gasteiger charge is 2.31. The Morgan fingerprint density at radius 2 is 1.81 bits per heavy atom. The van der Waals surface area contributed by atoms with Crippen LogP contribution in [0.15, 0.2) is 12.7 Å².